The van der Waals surface area contributed by atoms with Gasteiger partial charge in [-0.25, -0.2) is 0 Å². The molecule has 1 aliphatic heterocycles. The lowest BCUT2D eigenvalue weighted by molar-refractivity contribution is -0.121. The van der Waals surface area contributed by atoms with Gasteiger partial charge < -0.3 is 19.7 Å². The predicted molar refractivity (Wildman–Crippen MR) is 126 cm³/mol. The molecular weight excluding hydrogens is 444 g/mol. The maximum atomic E-state index is 13.0. The van der Waals surface area contributed by atoms with E-state index in [-0.39, 0.29) is 17.7 Å². The maximum absolute atomic E-state index is 13.0. The highest BCUT2D eigenvalue weighted by atomic mass is 35.5. The fourth-order valence-corrected chi connectivity index (χ4v) is 4.15. The number of halogens is 1. The standard InChI is InChI=1S/C24H25ClN4O4/c1-32-20-6-4-3-5-17(20)19-14-22(28-27-19)26-23(30)15-9-11-29(12-10-15)24(31)18-13-16(25)7-8-21(18)33-2/h3-8,13-15H,9-12H2,1-2H3,(H2,26,27,28,30). The lowest BCUT2D eigenvalue weighted by Gasteiger charge is -2.31. The van der Waals surface area contributed by atoms with Gasteiger partial charge in [0.05, 0.1) is 25.5 Å². The number of H-pyrrole nitrogens is 1. The molecule has 2 heterocycles. The van der Waals surface area contributed by atoms with Crippen molar-refractivity contribution in [2.75, 3.05) is 32.6 Å². The first kappa shape index (κ1) is 22.7. The van der Waals surface area contributed by atoms with Crippen molar-refractivity contribution in [1.29, 1.82) is 0 Å². The number of hydrogen-bond acceptors (Lipinski definition) is 5. The Labute approximate surface area is 196 Å². The molecule has 0 atom stereocenters. The highest BCUT2D eigenvalue weighted by Gasteiger charge is 2.29. The number of carbonyl (C=O) groups is 2. The van der Waals surface area contributed by atoms with E-state index in [1.165, 1.54) is 7.11 Å². The minimum atomic E-state index is -0.207. The number of rotatable bonds is 6. The Morgan fingerprint density at radius 2 is 1.79 bits per heavy atom. The smallest absolute Gasteiger partial charge is 0.257 e. The van der Waals surface area contributed by atoms with Crippen LogP contribution in [0.15, 0.2) is 48.5 Å². The van der Waals surface area contributed by atoms with E-state index < -0.39 is 0 Å². The minimum absolute atomic E-state index is 0.111. The summed E-state index contributed by atoms with van der Waals surface area (Å²) in [5, 5.41) is 10.5. The van der Waals surface area contributed by atoms with Gasteiger partial charge in [-0.2, -0.15) is 5.10 Å². The van der Waals surface area contributed by atoms with Gasteiger partial charge in [-0.3, -0.25) is 14.7 Å². The molecular formula is C24H25ClN4O4. The average molecular weight is 469 g/mol. The van der Waals surface area contributed by atoms with Crippen molar-refractivity contribution >= 4 is 29.2 Å². The summed E-state index contributed by atoms with van der Waals surface area (Å²) in [4.78, 5) is 27.5. The second kappa shape index (κ2) is 9.95. The van der Waals surface area contributed by atoms with E-state index >= 15 is 0 Å². The Morgan fingerprint density at radius 3 is 2.52 bits per heavy atom. The fraction of sp³-hybridized carbons (Fsp3) is 0.292. The van der Waals surface area contributed by atoms with Gasteiger partial charge >= 0.3 is 0 Å². The summed E-state index contributed by atoms with van der Waals surface area (Å²) in [5.41, 5.74) is 2.03. The van der Waals surface area contributed by atoms with Crippen molar-refractivity contribution < 1.29 is 19.1 Å². The van der Waals surface area contributed by atoms with Crippen LogP contribution in [0.1, 0.15) is 23.2 Å². The topological polar surface area (TPSA) is 96.5 Å². The fourth-order valence-electron chi connectivity index (χ4n) is 3.98. The number of carbonyl (C=O) groups excluding carboxylic acids is 2. The van der Waals surface area contributed by atoms with Crippen molar-refractivity contribution in [3.8, 4) is 22.8 Å². The summed E-state index contributed by atoms with van der Waals surface area (Å²) < 4.78 is 10.7. The molecule has 1 saturated heterocycles. The number of hydrogen-bond donors (Lipinski definition) is 2. The van der Waals surface area contributed by atoms with E-state index in [1.54, 1.807) is 36.3 Å². The molecule has 172 valence electrons. The molecule has 2 N–H and O–H groups in total. The summed E-state index contributed by atoms with van der Waals surface area (Å²) in [7, 11) is 3.13. The number of amides is 2. The molecule has 0 bridgehead atoms. The molecule has 0 aliphatic carbocycles. The van der Waals surface area contributed by atoms with Gasteiger partial charge in [0.15, 0.2) is 5.82 Å². The first-order chi connectivity index (χ1) is 16.0. The third-order valence-corrected chi connectivity index (χ3v) is 6.01. The van der Waals surface area contributed by atoms with Gasteiger partial charge in [-0.15, -0.1) is 0 Å². The van der Waals surface area contributed by atoms with Crippen LogP contribution in [0.25, 0.3) is 11.3 Å². The molecule has 0 saturated carbocycles. The van der Waals surface area contributed by atoms with Crippen LogP contribution in [0, 0.1) is 5.92 Å². The number of likely N-dealkylation sites (tertiary alicyclic amines) is 1. The largest absolute Gasteiger partial charge is 0.496 e. The molecule has 2 amide bonds. The molecule has 0 spiro atoms. The van der Waals surface area contributed by atoms with E-state index in [1.807, 2.05) is 24.3 Å². The number of methoxy groups -OCH3 is 2. The highest BCUT2D eigenvalue weighted by molar-refractivity contribution is 6.31. The molecule has 8 nitrogen and oxygen atoms in total. The SMILES string of the molecule is COc1ccc(Cl)cc1C(=O)N1CCC(C(=O)Nc2cc(-c3ccccc3OC)[nH]n2)CC1. The van der Waals surface area contributed by atoms with Gasteiger partial charge in [0.1, 0.15) is 11.5 Å². The van der Waals surface area contributed by atoms with Crippen molar-refractivity contribution in [3.05, 3.63) is 59.1 Å². The van der Waals surface area contributed by atoms with Crippen LogP contribution in [0.5, 0.6) is 11.5 Å². The first-order valence-electron chi connectivity index (χ1n) is 10.6. The van der Waals surface area contributed by atoms with Crippen LogP contribution in [0.4, 0.5) is 5.82 Å². The van der Waals surface area contributed by atoms with Gasteiger partial charge in [-0.1, -0.05) is 23.7 Å². The Balaban J connectivity index is 1.36. The van der Waals surface area contributed by atoms with Crippen molar-refractivity contribution in [3.63, 3.8) is 0 Å². The second-order valence-corrected chi connectivity index (χ2v) is 8.20. The van der Waals surface area contributed by atoms with Gasteiger partial charge in [0, 0.05) is 35.7 Å². The first-order valence-corrected chi connectivity index (χ1v) is 11.0. The monoisotopic (exact) mass is 468 g/mol. The number of para-hydroxylation sites is 1. The van der Waals surface area contributed by atoms with Crippen molar-refractivity contribution in [1.82, 2.24) is 15.1 Å². The summed E-state index contributed by atoms with van der Waals surface area (Å²) in [6.45, 7) is 0.944. The van der Waals surface area contributed by atoms with Gasteiger partial charge in [0.2, 0.25) is 5.91 Å². The number of nitrogens with one attached hydrogen (secondary N) is 2. The number of nitrogens with zero attached hydrogens (tertiary/aromatic N) is 2. The summed E-state index contributed by atoms with van der Waals surface area (Å²) >= 11 is 6.06. The molecule has 0 radical (unpaired) electrons. The molecule has 1 fully saturated rings. The number of benzene rings is 2. The Bertz CT molecular complexity index is 1150. The molecule has 0 unspecified atom stereocenters. The van der Waals surface area contributed by atoms with Crippen LogP contribution >= 0.6 is 11.6 Å². The molecule has 2 aromatic carbocycles. The predicted octanol–water partition coefficient (Wildman–Crippen LogP) is 4.24. The van der Waals surface area contributed by atoms with Gasteiger partial charge in [0.25, 0.3) is 5.91 Å². The zero-order valence-electron chi connectivity index (χ0n) is 18.4. The Morgan fingerprint density at radius 1 is 1.06 bits per heavy atom. The summed E-state index contributed by atoms with van der Waals surface area (Å²) in [6.07, 6.45) is 1.12. The molecule has 33 heavy (non-hydrogen) atoms. The lowest BCUT2D eigenvalue weighted by Crippen LogP contribution is -2.41. The molecule has 9 heteroatoms. The van der Waals surface area contributed by atoms with E-state index in [0.717, 1.165) is 11.3 Å². The minimum Gasteiger partial charge on any atom is -0.496 e. The van der Waals surface area contributed by atoms with Crippen molar-refractivity contribution in [2.24, 2.45) is 5.92 Å². The van der Waals surface area contributed by atoms with Crippen LogP contribution in [0.3, 0.4) is 0 Å². The second-order valence-electron chi connectivity index (χ2n) is 7.77. The third-order valence-electron chi connectivity index (χ3n) is 5.77. The zero-order chi connectivity index (χ0) is 23.4. The molecule has 1 aliphatic rings. The maximum Gasteiger partial charge on any atom is 0.257 e. The Hall–Kier alpha value is -3.52. The number of aromatic nitrogens is 2. The molecule has 1 aromatic heterocycles. The normalized spacial score (nSPS) is 14.1. The average Bonchev–Trinajstić information content (AvgIpc) is 3.31. The van der Waals surface area contributed by atoms with Gasteiger partial charge in [-0.05, 0) is 43.2 Å². The lowest BCUT2D eigenvalue weighted by atomic mass is 9.95. The number of piperidine rings is 1. The number of ether oxygens (including phenoxy) is 2. The van der Waals surface area contributed by atoms with Crippen LogP contribution in [-0.4, -0.2) is 54.2 Å². The third kappa shape index (κ3) is 4.96. The molecule has 3 aromatic rings. The van der Waals surface area contributed by atoms with Crippen LogP contribution in [0.2, 0.25) is 5.02 Å². The summed E-state index contributed by atoms with van der Waals surface area (Å²) in [5.74, 6) is 1.17. The number of aromatic amines is 1. The Kier molecular flexibility index (Phi) is 6.84. The van der Waals surface area contributed by atoms with Crippen LogP contribution in [-0.2, 0) is 4.79 Å². The van der Waals surface area contributed by atoms with Crippen molar-refractivity contribution in [2.45, 2.75) is 12.8 Å². The van der Waals surface area contributed by atoms with E-state index in [2.05, 4.69) is 15.5 Å². The zero-order valence-corrected chi connectivity index (χ0v) is 19.2. The highest BCUT2D eigenvalue weighted by Crippen LogP contribution is 2.30. The number of anilines is 1. The van der Waals surface area contributed by atoms with E-state index in [0.29, 0.717) is 53.8 Å². The summed E-state index contributed by atoms with van der Waals surface area (Å²) in [6, 6.07) is 14.3. The van der Waals surface area contributed by atoms with Crippen LogP contribution < -0.4 is 14.8 Å². The molecule has 4 rings (SSSR count). The van der Waals surface area contributed by atoms with E-state index in [9.17, 15) is 9.59 Å². The quantitative estimate of drug-likeness (QED) is 0.564. The van der Waals surface area contributed by atoms with E-state index in [4.69, 9.17) is 21.1 Å².